The van der Waals surface area contributed by atoms with Gasteiger partial charge in [0.15, 0.2) is 11.6 Å². The summed E-state index contributed by atoms with van der Waals surface area (Å²) < 4.78 is 58.7. The molecule has 0 atom stereocenters. The van der Waals surface area contributed by atoms with Crippen molar-refractivity contribution in [2.75, 3.05) is 16.6 Å². The van der Waals surface area contributed by atoms with Gasteiger partial charge < -0.3 is 10.1 Å². The number of carbonyl (C=O) groups is 1. The molecule has 3 rings (SSSR count). The third-order valence-corrected chi connectivity index (χ3v) is 5.41. The lowest BCUT2D eigenvalue weighted by atomic mass is 10.2. The molecule has 0 saturated carbocycles. The SMILES string of the molecule is CCOc1ccccc1NC(=O)c1ccc(NS(=O)(=O)c2ccc(F)c(F)c2)cc1. The van der Waals surface area contributed by atoms with Crippen LogP contribution in [0.5, 0.6) is 5.75 Å². The zero-order valence-electron chi connectivity index (χ0n) is 15.9. The number of carbonyl (C=O) groups excluding carboxylic acids is 1. The van der Waals surface area contributed by atoms with Gasteiger partial charge in [-0.3, -0.25) is 9.52 Å². The van der Waals surface area contributed by atoms with Gasteiger partial charge in [-0.2, -0.15) is 0 Å². The van der Waals surface area contributed by atoms with E-state index in [-0.39, 0.29) is 11.3 Å². The van der Waals surface area contributed by atoms with E-state index in [4.69, 9.17) is 4.74 Å². The summed E-state index contributed by atoms with van der Waals surface area (Å²) in [5, 5.41) is 2.74. The number of rotatable bonds is 7. The van der Waals surface area contributed by atoms with Crippen LogP contribution in [0.15, 0.2) is 71.6 Å². The van der Waals surface area contributed by atoms with Crippen molar-refractivity contribution < 1.29 is 26.7 Å². The molecular formula is C21H18F2N2O4S. The van der Waals surface area contributed by atoms with E-state index in [1.54, 1.807) is 24.3 Å². The zero-order chi connectivity index (χ0) is 21.7. The van der Waals surface area contributed by atoms with Gasteiger partial charge in [0.2, 0.25) is 0 Å². The van der Waals surface area contributed by atoms with Crippen molar-refractivity contribution in [3.8, 4) is 5.75 Å². The monoisotopic (exact) mass is 432 g/mol. The first-order chi connectivity index (χ1) is 14.3. The van der Waals surface area contributed by atoms with Crippen molar-refractivity contribution in [2.45, 2.75) is 11.8 Å². The van der Waals surface area contributed by atoms with Gasteiger partial charge in [-0.05, 0) is 61.5 Å². The van der Waals surface area contributed by atoms with Crippen molar-refractivity contribution in [2.24, 2.45) is 0 Å². The highest BCUT2D eigenvalue weighted by atomic mass is 32.2. The molecule has 30 heavy (non-hydrogen) atoms. The molecule has 0 aromatic heterocycles. The maximum Gasteiger partial charge on any atom is 0.261 e. The van der Waals surface area contributed by atoms with Crippen LogP contribution in [0.1, 0.15) is 17.3 Å². The molecule has 0 unspecified atom stereocenters. The van der Waals surface area contributed by atoms with Gasteiger partial charge >= 0.3 is 0 Å². The van der Waals surface area contributed by atoms with E-state index >= 15 is 0 Å². The summed E-state index contributed by atoms with van der Waals surface area (Å²) in [5.74, 6) is -2.28. The Balaban J connectivity index is 1.73. The lowest BCUT2D eigenvalue weighted by Crippen LogP contribution is -2.15. The molecular weight excluding hydrogens is 414 g/mol. The molecule has 0 fully saturated rings. The molecule has 0 aliphatic carbocycles. The zero-order valence-corrected chi connectivity index (χ0v) is 16.7. The summed E-state index contributed by atoms with van der Waals surface area (Å²) in [6, 6.07) is 14.9. The van der Waals surface area contributed by atoms with E-state index < -0.39 is 32.5 Å². The number of ether oxygens (including phenoxy) is 1. The lowest BCUT2D eigenvalue weighted by molar-refractivity contribution is 0.102. The largest absolute Gasteiger partial charge is 0.492 e. The van der Waals surface area contributed by atoms with Crippen LogP contribution in [0, 0.1) is 11.6 Å². The van der Waals surface area contributed by atoms with Gasteiger partial charge in [0.25, 0.3) is 15.9 Å². The second kappa shape index (κ2) is 8.91. The highest BCUT2D eigenvalue weighted by Gasteiger charge is 2.17. The minimum absolute atomic E-state index is 0.158. The molecule has 0 bridgehead atoms. The minimum atomic E-state index is -4.12. The Morgan fingerprint density at radius 2 is 1.67 bits per heavy atom. The molecule has 9 heteroatoms. The van der Waals surface area contributed by atoms with Crippen LogP contribution in [0.2, 0.25) is 0 Å². The number of amides is 1. The fourth-order valence-corrected chi connectivity index (χ4v) is 3.66. The second-order valence-electron chi connectivity index (χ2n) is 6.14. The van der Waals surface area contributed by atoms with Crippen LogP contribution in [-0.4, -0.2) is 20.9 Å². The third-order valence-electron chi connectivity index (χ3n) is 4.04. The molecule has 0 aliphatic heterocycles. The first-order valence-corrected chi connectivity index (χ1v) is 10.4. The average Bonchev–Trinajstić information content (AvgIpc) is 2.72. The van der Waals surface area contributed by atoms with Crippen molar-refractivity contribution in [1.82, 2.24) is 0 Å². The van der Waals surface area contributed by atoms with Gasteiger partial charge in [-0.15, -0.1) is 0 Å². The highest BCUT2D eigenvalue weighted by Crippen LogP contribution is 2.25. The van der Waals surface area contributed by atoms with Crippen LogP contribution in [0.25, 0.3) is 0 Å². The maximum absolute atomic E-state index is 13.3. The number of hydrogen-bond acceptors (Lipinski definition) is 4. The molecule has 0 radical (unpaired) electrons. The van der Waals surface area contributed by atoms with Crippen LogP contribution >= 0.6 is 0 Å². The smallest absolute Gasteiger partial charge is 0.261 e. The van der Waals surface area contributed by atoms with Gasteiger partial charge in [-0.25, -0.2) is 17.2 Å². The molecule has 0 spiro atoms. The van der Waals surface area contributed by atoms with Gasteiger partial charge in [-0.1, -0.05) is 12.1 Å². The minimum Gasteiger partial charge on any atom is -0.492 e. The lowest BCUT2D eigenvalue weighted by Gasteiger charge is -2.12. The fraction of sp³-hybridized carbons (Fsp3) is 0.0952. The summed E-state index contributed by atoms with van der Waals surface area (Å²) in [4.78, 5) is 12.1. The molecule has 1 amide bonds. The standard InChI is InChI=1S/C21H18F2N2O4S/c1-2-29-20-6-4-3-5-19(20)24-21(26)14-7-9-15(10-8-14)25-30(27,28)16-11-12-17(22)18(23)13-16/h3-13,25H,2H2,1H3,(H,24,26). The van der Waals surface area contributed by atoms with Crippen LogP contribution in [0.4, 0.5) is 20.2 Å². The maximum atomic E-state index is 13.3. The summed E-state index contributed by atoms with van der Waals surface area (Å²) >= 11 is 0. The Bertz CT molecular complexity index is 1170. The number of benzene rings is 3. The molecule has 156 valence electrons. The van der Waals surface area contributed by atoms with Crippen LogP contribution < -0.4 is 14.8 Å². The predicted octanol–water partition coefficient (Wildman–Crippen LogP) is 4.42. The Hall–Kier alpha value is -3.46. The fourth-order valence-electron chi connectivity index (χ4n) is 2.59. The molecule has 0 heterocycles. The van der Waals surface area contributed by atoms with E-state index in [2.05, 4.69) is 10.0 Å². The Kier molecular flexibility index (Phi) is 6.31. The summed E-state index contributed by atoms with van der Waals surface area (Å²) in [5.41, 5.74) is 0.954. The first kappa shape index (κ1) is 21.3. The number of nitrogens with one attached hydrogen (secondary N) is 2. The molecule has 3 aromatic carbocycles. The Morgan fingerprint density at radius 1 is 0.967 bits per heavy atom. The van der Waals surface area contributed by atoms with Gasteiger partial charge in [0.05, 0.1) is 17.2 Å². The van der Waals surface area contributed by atoms with Gasteiger partial charge in [0.1, 0.15) is 5.75 Å². The number of sulfonamides is 1. The number of para-hydroxylation sites is 2. The third kappa shape index (κ3) is 4.93. The molecule has 3 aromatic rings. The highest BCUT2D eigenvalue weighted by molar-refractivity contribution is 7.92. The molecule has 6 nitrogen and oxygen atoms in total. The topological polar surface area (TPSA) is 84.5 Å². The second-order valence-corrected chi connectivity index (χ2v) is 7.82. The molecule has 0 aliphatic rings. The number of hydrogen-bond donors (Lipinski definition) is 2. The Morgan fingerprint density at radius 3 is 2.33 bits per heavy atom. The van der Waals surface area contributed by atoms with E-state index in [0.717, 1.165) is 12.1 Å². The summed E-state index contributed by atoms with van der Waals surface area (Å²) in [6.45, 7) is 2.28. The first-order valence-electron chi connectivity index (χ1n) is 8.91. The number of anilines is 2. The van der Waals surface area contributed by atoms with Crippen molar-refractivity contribution >= 4 is 27.3 Å². The van der Waals surface area contributed by atoms with Crippen molar-refractivity contribution in [3.63, 3.8) is 0 Å². The summed E-state index contributed by atoms with van der Waals surface area (Å²) in [6.07, 6.45) is 0. The normalized spacial score (nSPS) is 11.0. The van der Waals surface area contributed by atoms with Crippen LogP contribution in [-0.2, 0) is 10.0 Å². The van der Waals surface area contributed by atoms with E-state index in [9.17, 15) is 22.0 Å². The van der Waals surface area contributed by atoms with Crippen molar-refractivity contribution in [1.29, 1.82) is 0 Å². The number of halogens is 2. The average molecular weight is 432 g/mol. The Labute approximate surface area is 172 Å². The molecule has 2 N–H and O–H groups in total. The van der Waals surface area contributed by atoms with Crippen molar-refractivity contribution in [3.05, 3.63) is 83.9 Å². The van der Waals surface area contributed by atoms with E-state index in [0.29, 0.717) is 24.1 Å². The predicted molar refractivity (Wildman–Crippen MR) is 109 cm³/mol. The molecule has 0 saturated heterocycles. The quantitative estimate of drug-likeness (QED) is 0.579. The van der Waals surface area contributed by atoms with Gasteiger partial charge in [0, 0.05) is 11.3 Å². The summed E-state index contributed by atoms with van der Waals surface area (Å²) in [7, 11) is -4.12. The van der Waals surface area contributed by atoms with E-state index in [1.165, 1.54) is 24.3 Å². The van der Waals surface area contributed by atoms with Crippen LogP contribution in [0.3, 0.4) is 0 Å². The van der Waals surface area contributed by atoms with E-state index in [1.807, 2.05) is 6.92 Å².